The van der Waals surface area contributed by atoms with Crippen LogP contribution in [-0.2, 0) is 32.7 Å². The molecule has 10 heteroatoms. The summed E-state index contributed by atoms with van der Waals surface area (Å²) in [6.45, 7) is 3.87. The molecule has 9 nitrogen and oxygen atoms in total. The fourth-order valence-corrected chi connectivity index (χ4v) is 6.23. The van der Waals surface area contributed by atoms with Gasteiger partial charge in [0.1, 0.15) is 19.8 Å². The number of unbranched alkanes of at least 4 members (excludes halogenated alkanes) is 5. The summed E-state index contributed by atoms with van der Waals surface area (Å²) < 4.78 is 33.8. The highest BCUT2D eigenvalue weighted by Crippen LogP contribution is 2.38. The summed E-state index contributed by atoms with van der Waals surface area (Å²) in [4.78, 5) is 37.6. The van der Waals surface area contributed by atoms with E-state index in [9.17, 15) is 19.0 Å². The van der Waals surface area contributed by atoms with E-state index in [2.05, 4.69) is 148 Å². The molecule has 0 aliphatic carbocycles. The van der Waals surface area contributed by atoms with E-state index >= 15 is 0 Å². The van der Waals surface area contributed by atoms with Gasteiger partial charge in [0, 0.05) is 12.8 Å². The lowest BCUT2D eigenvalue weighted by Crippen LogP contribution is -2.37. The summed E-state index contributed by atoms with van der Waals surface area (Å²) >= 11 is 0. The second-order valence-electron chi connectivity index (χ2n) is 16.4. The third kappa shape index (κ3) is 47.6. The average molecular weight is 908 g/mol. The minimum atomic E-state index is -4.66. The highest BCUT2D eigenvalue weighted by atomic mass is 31.2. The van der Waals surface area contributed by atoms with Crippen molar-refractivity contribution < 1.29 is 42.1 Å². The molecule has 64 heavy (non-hydrogen) atoms. The predicted octanol–water partition coefficient (Wildman–Crippen LogP) is 13.6. The van der Waals surface area contributed by atoms with Crippen LogP contribution >= 0.6 is 7.82 Å². The van der Waals surface area contributed by atoms with E-state index in [4.69, 9.17) is 18.5 Å². The van der Waals surface area contributed by atoms with Crippen molar-refractivity contribution in [2.45, 2.75) is 148 Å². The molecule has 0 spiro atoms. The van der Waals surface area contributed by atoms with Crippen LogP contribution in [0.25, 0.3) is 0 Å². The standard InChI is InChI=1S/C54H86NO8P/c1-6-8-10-12-14-16-18-20-21-22-23-24-25-26-27-28-29-30-31-32-33-35-37-39-41-43-45-47-54(57)63-52(51-62-64(58,59)61-49-48-55(3,4)5)50-60-53(56)46-44-42-40-38-36-34-19-17-15-13-11-9-7-2/h8-11,14-17,20-21,23-24,26-27,29-30,32-34,36-37,39,52H,6-7,12-13,18-19,22,25,28,31,35,38,40-51H2,1-5H3/b10-8-,11-9-,16-14-,17-15-,21-20-,24-23-,27-26-,30-29-,33-32-,36-34-,39-37-. The molecule has 360 valence electrons. The number of likely N-dealkylation sites (N-methyl/N-ethyl adjacent to an activating group) is 1. The first-order valence-corrected chi connectivity index (χ1v) is 25.4. The Hall–Kier alpha value is -3.85. The van der Waals surface area contributed by atoms with Crippen molar-refractivity contribution >= 4 is 19.8 Å². The fourth-order valence-electron chi connectivity index (χ4n) is 5.51. The largest absolute Gasteiger partial charge is 0.756 e. The number of quaternary nitrogens is 1. The Morgan fingerprint density at radius 2 is 0.844 bits per heavy atom. The number of hydrogen-bond donors (Lipinski definition) is 0. The van der Waals surface area contributed by atoms with Gasteiger partial charge in [-0.2, -0.15) is 0 Å². The number of phosphoric acid groups is 1. The van der Waals surface area contributed by atoms with Crippen LogP contribution in [0.3, 0.4) is 0 Å². The molecule has 0 saturated carbocycles. The maximum absolute atomic E-state index is 12.7. The zero-order chi connectivity index (χ0) is 47.1. The number of carbonyl (C=O) groups is 2. The Kier molecular flexibility index (Phi) is 41.7. The van der Waals surface area contributed by atoms with Crippen LogP contribution in [0.5, 0.6) is 0 Å². The third-order valence-corrected chi connectivity index (χ3v) is 10.1. The van der Waals surface area contributed by atoms with E-state index in [1.807, 2.05) is 21.1 Å². The summed E-state index contributed by atoms with van der Waals surface area (Å²) in [6.07, 6.45) is 63.5. The molecule has 0 aromatic carbocycles. The van der Waals surface area contributed by atoms with Gasteiger partial charge in [-0.15, -0.1) is 0 Å². The van der Waals surface area contributed by atoms with E-state index in [0.29, 0.717) is 23.9 Å². The van der Waals surface area contributed by atoms with Crippen LogP contribution in [0.4, 0.5) is 0 Å². The van der Waals surface area contributed by atoms with Crippen LogP contribution in [-0.4, -0.2) is 70.0 Å². The van der Waals surface area contributed by atoms with Gasteiger partial charge >= 0.3 is 11.9 Å². The summed E-state index contributed by atoms with van der Waals surface area (Å²) in [6, 6.07) is 0. The molecule has 0 fully saturated rings. The first-order chi connectivity index (χ1) is 31.0. The molecule has 0 rings (SSSR count). The molecule has 0 amide bonds. The van der Waals surface area contributed by atoms with Gasteiger partial charge in [-0.05, 0) is 109 Å². The molecular formula is C54H86NO8P. The van der Waals surface area contributed by atoms with Gasteiger partial charge < -0.3 is 27.9 Å². The van der Waals surface area contributed by atoms with Gasteiger partial charge in [-0.25, -0.2) is 0 Å². The highest BCUT2D eigenvalue weighted by Gasteiger charge is 2.21. The molecule has 0 aliphatic rings. The fraction of sp³-hybridized carbons (Fsp3) is 0.556. The normalized spacial score (nSPS) is 14.7. The Bertz CT molecular complexity index is 1540. The lowest BCUT2D eigenvalue weighted by atomic mass is 10.1. The lowest BCUT2D eigenvalue weighted by Gasteiger charge is -2.28. The van der Waals surface area contributed by atoms with Crippen molar-refractivity contribution in [3.63, 3.8) is 0 Å². The summed E-state index contributed by atoms with van der Waals surface area (Å²) in [5.74, 6) is -0.937. The molecule has 0 N–H and O–H groups in total. The molecule has 0 heterocycles. The van der Waals surface area contributed by atoms with Gasteiger partial charge in [-0.1, -0.05) is 154 Å². The molecule has 0 aromatic rings. The summed E-state index contributed by atoms with van der Waals surface area (Å²) in [7, 11) is 1.09. The van der Waals surface area contributed by atoms with Gasteiger partial charge in [0.15, 0.2) is 6.10 Å². The van der Waals surface area contributed by atoms with Gasteiger partial charge in [-0.3, -0.25) is 14.2 Å². The van der Waals surface area contributed by atoms with Crippen LogP contribution in [0.1, 0.15) is 142 Å². The van der Waals surface area contributed by atoms with Crippen molar-refractivity contribution in [3.05, 3.63) is 134 Å². The van der Waals surface area contributed by atoms with Crippen LogP contribution in [0, 0.1) is 0 Å². The Morgan fingerprint density at radius 3 is 1.25 bits per heavy atom. The molecule has 0 aromatic heterocycles. The Morgan fingerprint density at radius 1 is 0.484 bits per heavy atom. The van der Waals surface area contributed by atoms with E-state index in [1.165, 1.54) is 0 Å². The minimum Gasteiger partial charge on any atom is -0.756 e. The number of carbonyl (C=O) groups excluding carboxylic acids is 2. The lowest BCUT2D eigenvalue weighted by molar-refractivity contribution is -0.870. The van der Waals surface area contributed by atoms with E-state index in [0.717, 1.165) is 103 Å². The molecular weight excluding hydrogens is 822 g/mol. The van der Waals surface area contributed by atoms with Crippen molar-refractivity contribution in [2.75, 3.05) is 47.5 Å². The van der Waals surface area contributed by atoms with E-state index < -0.39 is 32.5 Å². The van der Waals surface area contributed by atoms with Crippen molar-refractivity contribution in [1.82, 2.24) is 0 Å². The zero-order valence-corrected chi connectivity index (χ0v) is 41.3. The molecule has 0 bridgehead atoms. The van der Waals surface area contributed by atoms with Crippen LogP contribution in [0.15, 0.2) is 134 Å². The average Bonchev–Trinajstić information content (AvgIpc) is 3.25. The SMILES string of the molecule is CC/C=C\C/C=C\C/C=C\C/C=C\C/C=C\C/C=C\C/C=C\C/C=C\CCCCC(=O)OC(COC(=O)CCCCC/C=C\C/C=C\C/C=C\CC)COP(=O)([O-])OCC[N+](C)(C)C. The predicted molar refractivity (Wildman–Crippen MR) is 267 cm³/mol. The monoisotopic (exact) mass is 908 g/mol. The number of hydrogen-bond acceptors (Lipinski definition) is 8. The first kappa shape index (κ1) is 60.2. The van der Waals surface area contributed by atoms with Gasteiger partial charge in [0.25, 0.3) is 7.82 Å². The van der Waals surface area contributed by atoms with Crippen molar-refractivity contribution in [1.29, 1.82) is 0 Å². The third-order valence-electron chi connectivity index (χ3n) is 9.17. The maximum atomic E-state index is 12.7. The second-order valence-corrected chi connectivity index (χ2v) is 17.8. The summed E-state index contributed by atoms with van der Waals surface area (Å²) in [5.41, 5.74) is 0. The quantitative estimate of drug-likeness (QED) is 0.0196. The minimum absolute atomic E-state index is 0.0530. The number of allylic oxidation sites excluding steroid dienone is 22. The van der Waals surface area contributed by atoms with Crippen molar-refractivity contribution in [3.8, 4) is 0 Å². The maximum Gasteiger partial charge on any atom is 0.306 e. The highest BCUT2D eigenvalue weighted by molar-refractivity contribution is 7.45. The molecule has 0 saturated heterocycles. The molecule has 0 aliphatic heterocycles. The van der Waals surface area contributed by atoms with E-state index in [-0.39, 0.29) is 26.1 Å². The van der Waals surface area contributed by atoms with Gasteiger partial charge in [0.2, 0.25) is 0 Å². The topological polar surface area (TPSA) is 111 Å². The number of phosphoric ester groups is 1. The summed E-state index contributed by atoms with van der Waals surface area (Å²) in [5, 5.41) is 0. The number of esters is 2. The Labute approximate surface area is 390 Å². The smallest absolute Gasteiger partial charge is 0.306 e. The first-order valence-electron chi connectivity index (χ1n) is 23.9. The molecule has 2 unspecified atom stereocenters. The molecule has 0 radical (unpaired) electrons. The number of rotatable bonds is 41. The van der Waals surface area contributed by atoms with Crippen molar-refractivity contribution in [2.24, 2.45) is 0 Å². The Balaban J connectivity index is 4.43. The van der Waals surface area contributed by atoms with Gasteiger partial charge in [0.05, 0.1) is 27.7 Å². The number of nitrogens with zero attached hydrogens (tertiary/aromatic N) is 1. The number of ether oxygens (including phenoxy) is 2. The zero-order valence-electron chi connectivity index (χ0n) is 40.4. The molecule has 2 atom stereocenters. The van der Waals surface area contributed by atoms with E-state index in [1.54, 1.807) is 0 Å². The van der Waals surface area contributed by atoms with Crippen LogP contribution < -0.4 is 4.89 Å². The second kappa shape index (κ2) is 44.4. The van der Waals surface area contributed by atoms with Crippen LogP contribution in [0.2, 0.25) is 0 Å².